The van der Waals surface area contributed by atoms with E-state index in [1.165, 1.54) is 0 Å². The second-order valence-electron chi connectivity index (χ2n) is 4.68. The molecule has 1 rings (SSSR count). The Hall–Kier alpha value is -1.88. The van der Waals surface area contributed by atoms with Crippen molar-refractivity contribution in [3.8, 4) is 0 Å². The van der Waals surface area contributed by atoms with Gasteiger partial charge in [-0.1, -0.05) is 6.07 Å². The molecule has 0 unspecified atom stereocenters. The Labute approximate surface area is 119 Å². The molecule has 0 spiro atoms. The predicted octanol–water partition coefficient (Wildman–Crippen LogP) is 1.19. The molecule has 0 heterocycles. The molecule has 2 N–H and O–H groups in total. The Kier molecular flexibility index (Phi) is 6.73. The lowest BCUT2D eigenvalue weighted by atomic mass is 10.1. The Morgan fingerprint density at radius 2 is 1.90 bits per heavy atom. The molecule has 0 fully saturated rings. The third-order valence-electron chi connectivity index (χ3n) is 3.03. The van der Waals surface area contributed by atoms with Crippen molar-refractivity contribution in [3.63, 3.8) is 0 Å². The normalized spacial score (nSPS) is 10.2. The minimum absolute atomic E-state index is 0.0151. The lowest BCUT2D eigenvalue weighted by Gasteiger charge is -2.08. The number of ether oxygens (including phenoxy) is 1. The van der Waals surface area contributed by atoms with E-state index >= 15 is 0 Å². The zero-order valence-electron chi connectivity index (χ0n) is 12.3. The smallest absolute Gasteiger partial charge is 0.251 e. The van der Waals surface area contributed by atoms with E-state index in [-0.39, 0.29) is 18.4 Å². The van der Waals surface area contributed by atoms with Gasteiger partial charge in [0, 0.05) is 25.8 Å². The molecule has 0 aliphatic carbocycles. The molecule has 5 heteroatoms. The lowest BCUT2D eigenvalue weighted by molar-refractivity contribution is -0.120. The van der Waals surface area contributed by atoms with Crippen molar-refractivity contribution < 1.29 is 14.3 Å². The Bertz CT molecular complexity index is 472. The van der Waals surface area contributed by atoms with Crippen LogP contribution in [0.4, 0.5) is 0 Å². The Morgan fingerprint density at radius 1 is 1.15 bits per heavy atom. The van der Waals surface area contributed by atoms with Gasteiger partial charge in [-0.2, -0.15) is 0 Å². The van der Waals surface area contributed by atoms with Crippen molar-refractivity contribution in [1.82, 2.24) is 10.6 Å². The van der Waals surface area contributed by atoms with E-state index in [0.29, 0.717) is 18.7 Å². The summed E-state index contributed by atoms with van der Waals surface area (Å²) in [6.07, 6.45) is 0.757. The van der Waals surface area contributed by atoms with Crippen LogP contribution in [-0.2, 0) is 9.53 Å². The monoisotopic (exact) mass is 278 g/mol. The van der Waals surface area contributed by atoms with Gasteiger partial charge in [0.1, 0.15) is 0 Å². The zero-order chi connectivity index (χ0) is 15.0. The summed E-state index contributed by atoms with van der Waals surface area (Å²) in [5.41, 5.74) is 2.76. The summed E-state index contributed by atoms with van der Waals surface area (Å²) in [5, 5.41) is 5.32. The molecule has 5 nitrogen and oxygen atoms in total. The van der Waals surface area contributed by atoms with E-state index in [4.69, 9.17) is 4.74 Å². The maximum absolute atomic E-state index is 11.9. The third-order valence-corrected chi connectivity index (χ3v) is 3.03. The fourth-order valence-corrected chi connectivity index (χ4v) is 1.65. The fraction of sp³-hybridized carbons (Fsp3) is 0.467. The number of amides is 2. The maximum Gasteiger partial charge on any atom is 0.251 e. The fourth-order valence-electron chi connectivity index (χ4n) is 1.65. The Morgan fingerprint density at radius 3 is 2.55 bits per heavy atom. The number of carbonyl (C=O) groups is 2. The van der Waals surface area contributed by atoms with E-state index in [9.17, 15) is 9.59 Å². The van der Waals surface area contributed by atoms with Crippen LogP contribution in [0.2, 0.25) is 0 Å². The first-order valence-corrected chi connectivity index (χ1v) is 6.65. The third kappa shape index (κ3) is 5.40. The summed E-state index contributed by atoms with van der Waals surface area (Å²) in [7, 11) is 1.62. The van der Waals surface area contributed by atoms with Gasteiger partial charge >= 0.3 is 0 Å². The SMILES string of the molecule is COCCCNC(=O)CNC(=O)c1ccc(C)c(C)c1. The highest BCUT2D eigenvalue weighted by Gasteiger charge is 2.08. The first-order chi connectivity index (χ1) is 9.54. The minimum atomic E-state index is -0.236. The summed E-state index contributed by atoms with van der Waals surface area (Å²) >= 11 is 0. The summed E-state index contributed by atoms with van der Waals surface area (Å²) in [4.78, 5) is 23.4. The average Bonchev–Trinajstić information content (AvgIpc) is 2.44. The van der Waals surface area contributed by atoms with Crippen LogP contribution in [0.1, 0.15) is 27.9 Å². The number of carbonyl (C=O) groups excluding carboxylic acids is 2. The van der Waals surface area contributed by atoms with Crippen LogP contribution in [0.25, 0.3) is 0 Å². The number of hydrogen-bond donors (Lipinski definition) is 2. The van der Waals surface area contributed by atoms with Gasteiger partial charge in [-0.3, -0.25) is 9.59 Å². The molecule has 1 aromatic rings. The summed E-state index contributed by atoms with van der Waals surface area (Å²) in [6.45, 7) is 5.08. The highest BCUT2D eigenvalue weighted by molar-refractivity contribution is 5.96. The summed E-state index contributed by atoms with van der Waals surface area (Å²) in [6, 6.07) is 5.48. The van der Waals surface area contributed by atoms with Crippen LogP contribution in [0, 0.1) is 13.8 Å². The van der Waals surface area contributed by atoms with Gasteiger partial charge in [0.2, 0.25) is 5.91 Å². The molecule has 110 valence electrons. The van der Waals surface area contributed by atoms with Gasteiger partial charge < -0.3 is 15.4 Å². The highest BCUT2D eigenvalue weighted by atomic mass is 16.5. The molecule has 0 atom stereocenters. The molecular weight excluding hydrogens is 256 g/mol. The number of benzene rings is 1. The van der Waals surface area contributed by atoms with Gasteiger partial charge in [0.15, 0.2) is 0 Å². The average molecular weight is 278 g/mol. The molecule has 0 aliphatic heterocycles. The standard InChI is InChI=1S/C15H22N2O3/c1-11-5-6-13(9-12(11)2)15(19)17-10-14(18)16-7-4-8-20-3/h5-6,9H,4,7-8,10H2,1-3H3,(H,16,18)(H,17,19). The van der Waals surface area contributed by atoms with E-state index < -0.39 is 0 Å². The van der Waals surface area contributed by atoms with Crippen molar-refractivity contribution in [1.29, 1.82) is 0 Å². The molecule has 0 aromatic heterocycles. The van der Waals surface area contributed by atoms with Crippen LogP contribution >= 0.6 is 0 Å². The van der Waals surface area contributed by atoms with Gasteiger partial charge in [-0.15, -0.1) is 0 Å². The summed E-state index contributed by atoms with van der Waals surface area (Å²) < 4.78 is 4.88. The van der Waals surface area contributed by atoms with Crippen molar-refractivity contribution in [3.05, 3.63) is 34.9 Å². The number of rotatable bonds is 7. The quantitative estimate of drug-likeness (QED) is 0.736. The van der Waals surface area contributed by atoms with E-state index in [0.717, 1.165) is 17.5 Å². The van der Waals surface area contributed by atoms with Crippen LogP contribution in [-0.4, -0.2) is 38.6 Å². The van der Waals surface area contributed by atoms with Crippen molar-refractivity contribution in [2.24, 2.45) is 0 Å². The first kappa shape index (κ1) is 16.2. The van der Waals surface area contributed by atoms with Gasteiger partial charge in [0.05, 0.1) is 6.54 Å². The van der Waals surface area contributed by atoms with Crippen molar-refractivity contribution in [2.45, 2.75) is 20.3 Å². The van der Waals surface area contributed by atoms with Crippen molar-refractivity contribution in [2.75, 3.05) is 26.8 Å². The molecular formula is C15H22N2O3. The van der Waals surface area contributed by atoms with E-state index in [1.807, 2.05) is 26.0 Å². The van der Waals surface area contributed by atoms with Crippen LogP contribution in [0.15, 0.2) is 18.2 Å². The van der Waals surface area contributed by atoms with E-state index in [1.54, 1.807) is 13.2 Å². The number of methoxy groups -OCH3 is 1. The number of hydrogen-bond acceptors (Lipinski definition) is 3. The second-order valence-corrected chi connectivity index (χ2v) is 4.68. The molecule has 20 heavy (non-hydrogen) atoms. The van der Waals surface area contributed by atoms with Crippen LogP contribution < -0.4 is 10.6 Å². The number of nitrogens with one attached hydrogen (secondary N) is 2. The molecule has 1 aromatic carbocycles. The maximum atomic E-state index is 11.9. The molecule has 0 bridgehead atoms. The topological polar surface area (TPSA) is 67.4 Å². The minimum Gasteiger partial charge on any atom is -0.385 e. The van der Waals surface area contributed by atoms with Gasteiger partial charge in [0.25, 0.3) is 5.91 Å². The largest absolute Gasteiger partial charge is 0.385 e. The second kappa shape index (κ2) is 8.32. The van der Waals surface area contributed by atoms with E-state index in [2.05, 4.69) is 10.6 Å². The van der Waals surface area contributed by atoms with Crippen molar-refractivity contribution >= 4 is 11.8 Å². The molecule has 2 amide bonds. The van der Waals surface area contributed by atoms with Gasteiger partial charge in [-0.25, -0.2) is 0 Å². The lowest BCUT2D eigenvalue weighted by Crippen LogP contribution is -2.37. The molecule has 0 saturated carbocycles. The summed E-state index contributed by atoms with van der Waals surface area (Å²) in [5.74, 6) is -0.432. The molecule has 0 radical (unpaired) electrons. The van der Waals surface area contributed by atoms with Crippen LogP contribution in [0.3, 0.4) is 0 Å². The zero-order valence-corrected chi connectivity index (χ0v) is 12.3. The molecule has 0 saturated heterocycles. The first-order valence-electron chi connectivity index (χ1n) is 6.65. The number of aryl methyl sites for hydroxylation is 2. The predicted molar refractivity (Wildman–Crippen MR) is 77.8 cm³/mol. The molecule has 0 aliphatic rings. The Balaban J connectivity index is 2.35. The highest BCUT2D eigenvalue weighted by Crippen LogP contribution is 2.09. The van der Waals surface area contributed by atoms with Gasteiger partial charge in [-0.05, 0) is 43.5 Å². The van der Waals surface area contributed by atoms with Crippen LogP contribution in [0.5, 0.6) is 0 Å².